The van der Waals surface area contributed by atoms with Gasteiger partial charge >= 0.3 is 38.0 Å². The fourth-order valence-electron chi connectivity index (χ4n) is 14.0. The molecule has 15 aromatic rings. The number of anilines is 5. The topological polar surface area (TPSA) is 685 Å². The van der Waals surface area contributed by atoms with E-state index in [2.05, 4.69) is 79.6 Å². The summed E-state index contributed by atoms with van der Waals surface area (Å²) in [4.78, 5) is 115. The van der Waals surface area contributed by atoms with Crippen LogP contribution in [0.25, 0.3) is 60.7 Å². The first kappa shape index (κ1) is 103. The number of fused-ring (bicyclic) bond motifs is 10. The van der Waals surface area contributed by atoms with Crippen LogP contribution in [-0.2, 0) is 135 Å². The van der Waals surface area contributed by atoms with Gasteiger partial charge in [-0.15, -0.1) is 0 Å². The van der Waals surface area contributed by atoms with E-state index in [0.717, 1.165) is 38.9 Å². The van der Waals surface area contributed by atoms with E-state index < -0.39 is 65.8 Å². The van der Waals surface area contributed by atoms with E-state index in [1.54, 1.807) is 72.4 Å². The van der Waals surface area contributed by atoms with E-state index in [1.165, 1.54) is 31.6 Å². The predicted octanol–water partition coefficient (Wildman–Crippen LogP) is 10.8. The number of hydrogen-bond donors (Lipinski definition) is 10. The van der Waals surface area contributed by atoms with Crippen molar-refractivity contribution in [2.24, 2.45) is 0 Å². The fourth-order valence-corrected chi connectivity index (χ4v) is 20.8. The van der Waals surface area contributed by atoms with Crippen molar-refractivity contribution < 1.29 is 96.5 Å². The largest absolute Gasteiger partial charge is 0.497 e. The van der Waals surface area contributed by atoms with Crippen molar-refractivity contribution in [3.8, 4) is 34.5 Å². The Balaban J connectivity index is 0.000000147. The fraction of sp³-hybridized carbons (Fsp3) is 0.325. The molecule has 0 amide bonds. The summed E-state index contributed by atoms with van der Waals surface area (Å²) in [6.45, 7) is 16.4. The van der Waals surface area contributed by atoms with Gasteiger partial charge in [0.05, 0.1) is 111 Å². The monoisotopic (exact) mass is 2030 g/mol. The van der Waals surface area contributed by atoms with Gasteiger partial charge in [-0.3, -0.25) is 71.5 Å². The number of nitrogens with one attached hydrogen (secondary N) is 5. The number of benzene rings is 5. The van der Waals surface area contributed by atoms with E-state index in [1.807, 2.05) is 69.3 Å². The van der Waals surface area contributed by atoms with Gasteiger partial charge in [-0.1, -0.05) is 94.6 Å². The highest BCUT2D eigenvalue weighted by Gasteiger charge is 2.39. The number of methoxy groups -OCH3 is 1. The molecule has 0 fully saturated rings. The molecule has 5 atom stereocenters. The lowest BCUT2D eigenvalue weighted by molar-refractivity contribution is 0.132. The first-order valence-electron chi connectivity index (χ1n) is 41.3. The molecule has 0 bridgehead atoms. The molecule has 0 spiro atoms. The van der Waals surface area contributed by atoms with Gasteiger partial charge in [0.25, 0.3) is 27.8 Å². The molecule has 15 N–H and O–H groups in total. The number of nitrogen functional groups attached to an aromatic ring is 5. The summed E-state index contributed by atoms with van der Waals surface area (Å²) in [6, 6.07) is 27.2. The Morgan fingerprint density at radius 2 is 0.636 bits per heavy atom. The normalized spacial score (nSPS) is 18.4. The Bertz CT molecular complexity index is 7540. The SMILES string of the molecule is C.C.C.COc1ccc2c(c1)COP(=O)(COCCn1cnc3c(=O)[nH]c(N)nc31)O2.Cc1ccc2c(c1)COP(=O)(COCCn1cnc3c(=O)[nH]c(N)nc31)O2.Cc1cccc2c1OP(=O)(COCCn1cnc3c(=O)[nH]c(N)nc31)OC2.Cc1cccc2c1OP(=O)(COCCn1cnc3c(=O)[nH]c(N)nc31)OC2.[C-]#[N+]c1cccc2c1OP(=O)(COCCn1cnc3c(=O)[nH]c(N)nc31)OC2. The highest BCUT2D eigenvalue weighted by atomic mass is 31.2. The van der Waals surface area contributed by atoms with Crippen LogP contribution in [0.4, 0.5) is 35.4 Å². The van der Waals surface area contributed by atoms with E-state index in [0.29, 0.717) is 95.3 Å². The van der Waals surface area contributed by atoms with Crippen LogP contribution >= 0.6 is 38.0 Å². The van der Waals surface area contributed by atoms with Crippen molar-refractivity contribution in [3.05, 3.63) is 230 Å². The molecule has 0 saturated carbocycles. The van der Waals surface area contributed by atoms with E-state index in [-0.39, 0.29) is 189 Å². The maximum absolute atomic E-state index is 12.8. The summed E-state index contributed by atoms with van der Waals surface area (Å²) in [5.74, 6) is 3.19. The number of aromatic nitrogens is 20. The number of hydrogen-bond acceptors (Lipinski definition) is 41. The minimum absolute atomic E-state index is 0. The standard InChI is InChI=1S/C16H15N6O5P.C16H18N5O6P.3C16H18N5O5P.3CH4/c1-18-11-4-2-3-10-7-26-28(24,27-13(10)11)9-25-6-5-22-8-19-12-14(22)20-16(17)21-15(12)23;1-24-11-2-3-12-10(6-11)7-26-28(23,27-12)9-25-5-4-21-8-18-13-14(21)19-16(17)20-15(13)22;1-10-2-3-12-11(6-10)7-25-27(23,26-12)9-24-5-4-21-8-18-13-14(21)19-16(17)20-15(13)22;2*1-10-3-2-4-11-7-25-27(23,26-13(10)11)9-24-6-5-21-8-18-12-14(21)19-16(17)20-15(12)22;;;/h2-4,8H,5-7,9H2,(H3,17,20,21,23);2-3,6,8H,4-5,7,9H2,1H3,(H3,17,19,20,22);2-3,6,8H,4-5,7,9H2,1H3,(H3,17,19,20,22);2*2-4,8H,5-7,9H2,1H3,(H3,17,19,20,22);3*1H4. The van der Waals surface area contributed by atoms with Crippen LogP contribution < -0.4 is 83.8 Å². The van der Waals surface area contributed by atoms with Gasteiger partial charge in [0.1, 0.15) is 34.5 Å². The summed E-state index contributed by atoms with van der Waals surface area (Å²) in [7, 11) is -15.5. The van der Waals surface area contributed by atoms with Crippen molar-refractivity contribution in [3.63, 3.8) is 0 Å². The number of aromatic amines is 5. The number of rotatable bonds is 26. The predicted molar refractivity (Wildman–Crippen MR) is 511 cm³/mol. The third-order valence-corrected chi connectivity index (χ3v) is 28.1. The zero-order valence-corrected chi connectivity index (χ0v) is 77.6. The van der Waals surface area contributed by atoms with E-state index >= 15 is 0 Å². The van der Waals surface area contributed by atoms with Crippen molar-refractivity contribution in [1.82, 2.24) is 97.6 Å². The minimum Gasteiger partial charge on any atom is -0.497 e. The summed E-state index contributed by atoms with van der Waals surface area (Å²) in [5.41, 5.74) is 35.6. The van der Waals surface area contributed by atoms with Gasteiger partial charge in [-0.25, -0.2) is 52.6 Å². The van der Waals surface area contributed by atoms with E-state index in [9.17, 15) is 46.8 Å². The third kappa shape index (κ3) is 24.2. The van der Waals surface area contributed by atoms with Gasteiger partial charge < -0.3 is 103 Å². The summed E-state index contributed by atoms with van der Waals surface area (Å²) >= 11 is 0. The van der Waals surface area contributed by atoms with Gasteiger partial charge in [0, 0.05) is 60.5 Å². The maximum Gasteiger partial charge on any atom is 0.405 e. The molecule has 20 rings (SSSR count). The van der Waals surface area contributed by atoms with Crippen LogP contribution in [0.5, 0.6) is 34.5 Å². The number of nitrogens with zero attached hydrogens (tertiary/aromatic N) is 16. The van der Waals surface area contributed by atoms with E-state index in [4.69, 9.17) is 109 Å². The van der Waals surface area contributed by atoms with Gasteiger partial charge in [0.2, 0.25) is 35.4 Å². The second-order valence-electron chi connectivity index (χ2n) is 30.5. The Hall–Kier alpha value is -14.1. The molecule has 140 heavy (non-hydrogen) atoms. The van der Waals surface area contributed by atoms with Gasteiger partial charge in [0.15, 0.2) is 87.6 Å². The highest BCUT2D eigenvalue weighted by molar-refractivity contribution is 7.55. The van der Waals surface area contributed by atoms with Crippen molar-refractivity contribution in [2.45, 2.75) is 109 Å². The van der Waals surface area contributed by atoms with Gasteiger partial charge in [-0.05, 0) is 56.2 Å². The summed E-state index contributed by atoms with van der Waals surface area (Å²) in [5, 5.41) is 0. The number of aryl methyl sites for hydroxylation is 3. The second-order valence-corrected chi connectivity index (χ2v) is 40.1. The first-order valence-corrected chi connectivity index (χ1v) is 49.9. The molecule has 0 saturated heterocycles. The van der Waals surface area contributed by atoms with Crippen LogP contribution in [0, 0.1) is 27.3 Å². The number of ether oxygens (including phenoxy) is 6. The highest BCUT2D eigenvalue weighted by Crippen LogP contribution is 2.59. The van der Waals surface area contributed by atoms with Crippen LogP contribution in [0.1, 0.15) is 66.8 Å². The molecule has 0 radical (unpaired) electrons. The van der Waals surface area contributed by atoms with Crippen LogP contribution in [-0.4, -0.2) is 169 Å². The first-order chi connectivity index (χ1) is 65.8. The molecule has 10 aromatic heterocycles. The average Bonchev–Trinajstić information content (AvgIpc) is 1.71. The molecule has 57 heteroatoms. The quantitative estimate of drug-likeness (QED) is 0.0137. The molecule has 742 valence electrons. The lowest BCUT2D eigenvalue weighted by Crippen LogP contribution is -2.15. The maximum atomic E-state index is 12.8. The molecule has 52 nitrogen and oxygen atoms in total. The number of para-hydroxylation sites is 3. The zero-order valence-electron chi connectivity index (χ0n) is 73.1. The molecule has 5 unspecified atom stereocenters. The van der Waals surface area contributed by atoms with Crippen molar-refractivity contribution in [2.75, 3.05) is 101 Å². The van der Waals surface area contributed by atoms with Crippen LogP contribution in [0.3, 0.4) is 0 Å². The molecular weight excluding hydrogens is 1930 g/mol. The van der Waals surface area contributed by atoms with Crippen LogP contribution in [0.2, 0.25) is 0 Å². The molecule has 5 aromatic carbocycles. The molecular formula is C83H99N26O26P5. The minimum atomic E-state index is -3.54. The van der Waals surface area contributed by atoms with Gasteiger partial charge in [-0.2, -0.15) is 24.9 Å². The Labute approximate surface area is 793 Å². The average molecular weight is 2030 g/mol. The smallest absolute Gasteiger partial charge is 0.405 e. The summed E-state index contributed by atoms with van der Waals surface area (Å²) in [6.07, 6.45) is 6.33. The number of nitrogens with two attached hydrogens (primary N) is 5. The van der Waals surface area contributed by atoms with Crippen molar-refractivity contribution in [1.29, 1.82) is 0 Å². The Morgan fingerprint density at radius 1 is 0.364 bits per heavy atom. The second kappa shape index (κ2) is 44.4. The molecule has 0 aliphatic carbocycles. The molecule has 5 aliphatic rings. The molecule has 5 aliphatic heterocycles. The third-order valence-electron chi connectivity index (χ3n) is 20.6. The molecule has 15 heterocycles. The lowest BCUT2D eigenvalue weighted by Gasteiger charge is -2.26. The Kier molecular flexibility index (Phi) is 32.7. The number of imidazole rings is 5. The van der Waals surface area contributed by atoms with Crippen LogP contribution in [0.15, 0.2) is 147 Å². The summed E-state index contributed by atoms with van der Waals surface area (Å²) < 4.78 is 159. The number of H-pyrrole nitrogens is 5. The Morgan fingerprint density at radius 3 is 0.943 bits per heavy atom. The van der Waals surface area contributed by atoms with Crippen molar-refractivity contribution >= 4 is 129 Å². The lowest BCUT2D eigenvalue weighted by atomic mass is 10.1. The zero-order chi connectivity index (χ0) is 96.5.